The van der Waals surface area contributed by atoms with Crippen LogP contribution in [0.1, 0.15) is 84.1 Å². The molecule has 0 radical (unpaired) electrons. The molecule has 1 aromatic carbocycles. The second-order valence-corrected chi connectivity index (χ2v) is 11.7. The minimum atomic E-state index is -1.12. The number of hydrogen-bond donors (Lipinski definition) is 0. The van der Waals surface area contributed by atoms with Crippen LogP contribution in [0, 0.1) is 17.3 Å². The van der Waals surface area contributed by atoms with E-state index in [0.717, 1.165) is 36.9 Å². The minimum absolute atomic E-state index is 0.0294. The van der Waals surface area contributed by atoms with Gasteiger partial charge in [0.2, 0.25) is 5.91 Å². The number of fused-ring (bicyclic) bond motifs is 4. The Morgan fingerprint density at radius 1 is 1.00 bits per heavy atom. The summed E-state index contributed by atoms with van der Waals surface area (Å²) < 4.78 is 5.99. The molecule has 0 aliphatic heterocycles. The molecule has 0 N–H and O–H groups in total. The van der Waals surface area contributed by atoms with Gasteiger partial charge in [-0.1, -0.05) is 24.6 Å². The van der Waals surface area contributed by atoms with Crippen LogP contribution in [0.4, 0.5) is 5.69 Å². The summed E-state index contributed by atoms with van der Waals surface area (Å²) >= 11 is 0. The van der Waals surface area contributed by atoms with E-state index in [4.69, 9.17) is 4.74 Å². The predicted molar refractivity (Wildman–Crippen MR) is 141 cm³/mol. The fourth-order valence-corrected chi connectivity index (χ4v) is 8.12. The first-order valence-electron chi connectivity index (χ1n) is 13.5. The number of nitrogens with zero attached hydrogens (tertiary/aromatic N) is 1. The lowest BCUT2D eigenvalue weighted by Crippen LogP contribution is -2.57. The van der Waals surface area contributed by atoms with Crippen molar-refractivity contribution in [1.82, 2.24) is 0 Å². The maximum absolute atomic E-state index is 13.2. The van der Waals surface area contributed by atoms with Crippen molar-refractivity contribution in [2.45, 2.75) is 84.2 Å². The molecule has 1 amide bonds. The Kier molecular flexibility index (Phi) is 6.28. The van der Waals surface area contributed by atoms with E-state index in [9.17, 15) is 19.2 Å². The van der Waals surface area contributed by atoms with Gasteiger partial charge in [-0.2, -0.15) is 0 Å². The Labute approximate surface area is 219 Å². The van der Waals surface area contributed by atoms with Crippen LogP contribution in [0.2, 0.25) is 0 Å². The van der Waals surface area contributed by atoms with Crippen molar-refractivity contribution < 1.29 is 23.9 Å². The molecule has 5 atom stereocenters. The third-order valence-electron chi connectivity index (χ3n) is 9.90. The highest BCUT2D eigenvalue weighted by Gasteiger charge is 2.67. The van der Waals surface area contributed by atoms with Crippen LogP contribution < -0.4 is 4.90 Å². The van der Waals surface area contributed by atoms with E-state index >= 15 is 0 Å². The highest BCUT2D eigenvalue weighted by Crippen LogP contribution is 2.67. The largest absolute Gasteiger partial charge is 0.451 e. The number of rotatable bonds is 4. The number of hydrogen-bond acceptors (Lipinski definition) is 5. The highest BCUT2D eigenvalue weighted by atomic mass is 16.6. The van der Waals surface area contributed by atoms with Crippen molar-refractivity contribution in [3.8, 4) is 0 Å². The summed E-state index contributed by atoms with van der Waals surface area (Å²) in [4.78, 5) is 51.3. The topological polar surface area (TPSA) is 80.8 Å². The van der Waals surface area contributed by atoms with Crippen molar-refractivity contribution in [1.29, 1.82) is 0 Å². The van der Waals surface area contributed by atoms with Gasteiger partial charge in [0, 0.05) is 44.3 Å². The summed E-state index contributed by atoms with van der Waals surface area (Å²) in [7, 11) is 1.76. The summed E-state index contributed by atoms with van der Waals surface area (Å²) in [6.07, 6.45) is 7.07. The van der Waals surface area contributed by atoms with Gasteiger partial charge < -0.3 is 9.64 Å². The van der Waals surface area contributed by atoms with Crippen LogP contribution in [0.3, 0.4) is 0 Å². The number of ether oxygens (including phenoxy) is 1. The van der Waals surface area contributed by atoms with Crippen LogP contribution >= 0.6 is 0 Å². The summed E-state index contributed by atoms with van der Waals surface area (Å²) in [6.45, 7) is 6.68. The van der Waals surface area contributed by atoms with Crippen molar-refractivity contribution in [3.63, 3.8) is 0 Å². The second kappa shape index (κ2) is 9.07. The molecule has 4 aliphatic rings. The zero-order valence-corrected chi connectivity index (χ0v) is 22.6. The summed E-state index contributed by atoms with van der Waals surface area (Å²) in [5.41, 5.74) is 4.29. The van der Waals surface area contributed by atoms with Crippen molar-refractivity contribution in [3.05, 3.63) is 52.6 Å². The minimum Gasteiger partial charge on any atom is -0.451 e. The van der Waals surface area contributed by atoms with Gasteiger partial charge in [0.1, 0.15) is 0 Å². The quantitative estimate of drug-likeness (QED) is 0.510. The Bertz CT molecular complexity index is 1240. The lowest BCUT2D eigenvalue weighted by Gasteiger charge is -2.55. The Morgan fingerprint density at radius 3 is 2.32 bits per heavy atom. The maximum Gasteiger partial charge on any atom is 0.303 e. The number of carbonyl (C=O) groups is 4. The van der Waals surface area contributed by atoms with E-state index < -0.39 is 17.0 Å². The van der Waals surface area contributed by atoms with E-state index in [1.807, 2.05) is 18.2 Å². The number of esters is 1. The third kappa shape index (κ3) is 3.91. The molecule has 6 nitrogen and oxygen atoms in total. The lowest BCUT2D eigenvalue weighted by atomic mass is 9.50. The fraction of sp³-hybridized carbons (Fsp3) is 0.548. The SMILES string of the molecule is CC(=O)O[C@]1(C(C)=O)CC[C@H]2[C@@H]3CCC4=CC(=O)CCC4=C3[C@@H](c3ccc(N(C)C(C)=O)cc3)C[C@@]21C. The van der Waals surface area contributed by atoms with Crippen LogP contribution in [-0.2, 0) is 23.9 Å². The van der Waals surface area contributed by atoms with E-state index in [-0.39, 0.29) is 35.2 Å². The number of anilines is 1. The average Bonchev–Trinajstić information content (AvgIpc) is 3.15. The molecular formula is C31H37NO5. The highest BCUT2D eigenvalue weighted by molar-refractivity contribution is 5.93. The monoisotopic (exact) mass is 503 g/mol. The first kappa shape index (κ1) is 25.6. The van der Waals surface area contributed by atoms with Gasteiger partial charge in [0.25, 0.3) is 0 Å². The standard InChI is InChI=1S/C31H37NO5/c1-18(33)31(37-20(3)35)15-14-28-26-12-8-22-16-24(36)11-13-25(22)29(26)27(17-30(28,31)4)21-6-9-23(10-7-21)32(5)19(2)34/h6-7,9-10,16,26-28H,8,11-15,17H2,1-5H3/t26-,27+,28-,30-,31-/m0/s1. The molecule has 0 unspecified atom stereocenters. The van der Waals surface area contributed by atoms with Gasteiger partial charge >= 0.3 is 5.97 Å². The molecule has 6 heteroatoms. The molecule has 0 heterocycles. The second-order valence-electron chi connectivity index (χ2n) is 11.7. The Balaban J connectivity index is 1.66. The summed E-state index contributed by atoms with van der Waals surface area (Å²) in [5.74, 6) is 0.255. The van der Waals surface area contributed by atoms with E-state index in [0.29, 0.717) is 19.3 Å². The Morgan fingerprint density at radius 2 is 1.70 bits per heavy atom. The number of benzene rings is 1. The van der Waals surface area contributed by atoms with Crippen LogP contribution in [0.15, 0.2) is 47.1 Å². The van der Waals surface area contributed by atoms with Gasteiger partial charge in [0.05, 0.1) is 0 Å². The molecule has 0 saturated heterocycles. The molecule has 1 aromatic rings. The molecule has 4 aliphatic carbocycles. The van der Waals surface area contributed by atoms with Gasteiger partial charge in [-0.05, 0) is 92.2 Å². The van der Waals surface area contributed by atoms with Crippen molar-refractivity contribution >= 4 is 29.1 Å². The molecule has 2 saturated carbocycles. The average molecular weight is 504 g/mol. The van der Waals surface area contributed by atoms with E-state index in [1.165, 1.54) is 23.6 Å². The van der Waals surface area contributed by atoms with Crippen LogP contribution in [0.25, 0.3) is 0 Å². The number of ketones is 2. The number of amides is 1. The Hall–Kier alpha value is -3.02. The van der Waals surface area contributed by atoms with Gasteiger partial charge in [0.15, 0.2) is 17.2 Å². The molecule has 37 heavy (non-hydrogen) atoms. The zero-order chi connectivity index (χ0) is 26.7. The third-order valence-corrected chi connectivity index (χ3v) is 9.90. The predicted octanol–water partition coefficient (Wildman–Crippen LogP) is 5.46. The van der Waals surface area contributed by atoms with E-state index in [1.54, 1.807) is 25.8 Å². The van der Waals surface area contributed by atoms with Crippen LogP contribution in [-0.4, -0.2) is 36.1 Å². The summed E-state index contributed by atoms with van der Waals surface area (Å²) in [5, 5.41) is 0. The molecule has 0 bridgehead atoms. The van der Waals surface area contributed by atoms with Gasteiger partial charge in [-0.25, -0.2) is 0 Å². The van der Waals surface area contributed by atoms with Gasteiger partial charge in [-0.3, -0.25) is 19.2 Å². The molecule has 0 aromatic heterocycles. The first-order chi connectivity index (χ1) is 17.5. The number of carbonyl (C=O) groups excluding carboxylic acids is 4. The molecule has 0 spiro atoms. The normalized spacial score (nSPS) is 32.6. The van der Waals surface area contributed by atoms with Gasteiger partial charge in [-0.15, -0.1) is 0 Å². The summed E-state index contributed by atoms with van der Waals surface area (Å²) in [6, 6.07) is 8.15. The molecule has 2 fully saturated rings. The van der Waals surface area contributed by atoms with Crippen molar-refractivity contribution in [2.24, 2.45) is 17.3 Å². The van der Waals surface area contributed by atoms with E-state index in [2.05, 4.69) is 19.1 Å². The smallest absolute Gasteiger partial charge is 0.303 e. The first-order valence-corrected chi connectivity index (χ1v) is 13.5. The van der Waals surface area contributed by atoms with Crippen molar-refractivity contribution in [2.75, 3.05) is 11.9 Å². The lowest BCUT2D eigenvalue weighted by molar-refractivity contribution is -0.182. The molecule has 5 rings (SSSR count). The zero-order valence-electron chi connectivity index (χ0n) is 22.6. The molecular weight excluding hydrogens is 466 g/mol. The number of allylic oxidation sites excluding steroid dienone is 4. The number of Topliss-reactive ketones (excluding diaryl/α,β-unsaturated/α-hetero) is 1. The maximum atomic E-state index is 13.2. The van der Waals surface area contributed by atoms with Crippen LogP contribution in [0.5, 0.6) is 0 Å². The fourth-order valence-electron chi connectivity index (χ4n) is 8.12. The molecule has 196 valence electrons.